The Hall–Kier alpha value is -3.13. The second-order valence-corrected chi connectivity index (χ2v) is 11.3. The Kier molecular flexibility index (Phi) is 5.63. The highest BCUT2D eigenvalue weighted by Gasteiger charge is 2.44. The zero-order chi connectivity index (χ0) is 24.0. The lowest BCUT2D eigenvalue weighted by molar-refractivity contribution is 0.00490. The van der Waals surface area contributed by atoms with E-state index in [1.807, 2.05) is 48.5 Å². The third-order valence-corrected chi connectivity index (χ3v) is 9.20. The molecule has 3 aliphatic rings. The van der Waals surface area contributed by atoms with E-state index in [4.69, 9.17) is 0 Å². The molecular weight excluding hydrogens is 456 g/mol. The molecule has 2 aromatic heterocycles. The van der Waals surface area contributed by atoms with Gasteiger partial charge in [0, 0.05) is 35.8 Å². The van der Waals surface area contributed by atoms with E-state index in [9.17, 15) is 8.42 Å². The summed E-state index contributed by atoms with van der Waals surface area (Å²) in [6, 6.07) is 18.5. The van der Waals surface area contributed by atoms with E-state index in [0.717, 1.165) is 47.8 Å². The maximum Gasteiger partial charge on any atom is 0.243 e. The molecule has 2 aromatic carbocycles. The molecule has 1 unspecified atom stereocenters. The number of hydrogen-bond acceptors (Lipinski definition) is 5. The number of benzene rings is 2. The number of aromatic nitrogens is 2. The molecule has 0 radical (unpaired) electrons. The summed E-state index contributed by atoms with van der Waals surface area (Å²) in [6.07, 6.45) is 7.53. The summed E-state index contributed by atoms with van der Waals surface area (Å²) < 4.78 is 31.0. The molecule has 5 atom stereocenters. The molecule has 0 saturated carbocycles. The summed E-state index contributed by atoms with van der Waals surface area (Å²) in [4.78, 5) is 11.6. The molecule has 3 fully saturated rings. The molecule has 2 bridgehead atoms. The predicted octanol–water partition coefficient (Wildman–Crippen LogP) is 4.70. The van der Waals surface area contributed by atoms with Crippen molar-refractivity contribution in [2.75, 3.05) is 13.1 Å². The molecule has 3 saturated heterocycles. The van der Waals surface area contributed by atoms with Gasteiger partial charge in [-0.25, -0.2) is 13.1 Å². The zero-order valence-corrected chi connectivity index (χ0v) is 20.2. The van der Waals surface area contributed by atoms with Crippen LogP contribution >= 0.6 is 0 Å². The molecule has 35 heavy (non-hydrogen) atoms. The van der Waals surface area contributed by atoms with Crippen LogP contribution in [0.3, 0.4) is 0 Å². The fraction of sp³-hybridized carbons (Fsp3) is 0.286. The molecule has 6 nitrogen and oxygen atoms in total. The first-order chi connectivity index (χ1) is 17.0. The largest absolute Gasteiger partial charge is 0.298 e. The van der Waals surface area contributed by atoms with Gasteiger partial charge in [-0.15, -0.1) is 6.58 Å². The zero-order valence-electron chi connectivity index (χ0n) is 19.4. The monoisotopic (exact) mass is 484 g/mol. The number of para-hydroxylation sites is 2. The van der Waals surface area contributed by atoms with Gasteiger partial charge in [-0.3, -0.25) is 14.9 Å². The van der Waals surface area contributed by atoms with Crippen molar-refractivity contribution >= 4 is 31.8 Å². The van der Waals surface area contributed by atoms with Gasteiger partial charge in [0.2, 0.25) is 10.0 Å². The SMILES string of the molecule is C=C[C@H]1CN2CC[C@H]1C[C@@H]2[C@H](NS(=O)(=O)c1cccc2cccnc12)c1ccnc2ccccc12. The lowest BCUT2D eigenvalue weighted by Crippen LogP contribution is -2.57. The van der Waals surface area contributed by atoms with Gasteiger partial charge in [0.25, 0.3) is 0 Å². The summed E-state index contributed by atoms with van der Waals surface area (Å²) in [6.45, 7) is 5.93. The number of nitrogens with zero attached hydrogens (tertiary/aromatic N) is 3. The van der Waals surface area contributed by atoms with E-state index in [0.29, 0.717) is 17.4 Å². The molecule has 7 heteroatoms. The molecule has 1 N–H and O–H groups in total. The molecule has 5 heterocycles. The van der Waals surface area contributed by atoms with Crippen molar-refractivity contribution in [1.29, 1.82) is 0 Å². The number of hydrogen-bond donors (Lipinski definition) is 1. The minimum atomic E-state index is -3.87. The highest BCUT2D eigenvalue weighted by atomic mass is 32.2. The van der Waals surface area contributed by atoms with Crippen molar-refractivity contribution in [3.8, 4) is 0 Å². The van der Waals surface area contributed by atoms with Crippen molar-refractivity contribution in [2.24, 2.45) is 11.8 Å². The Balaban J connectivity index is 1.47. The fourth-order valence-electron chi connectivity index (χ4n) is 5.99. The van der Waals surface area contributed by atoms with Crippen molar-refractivity contribution in [3.05, 3.63) is 91.3 Å². The lowest BCUT2D eigenvalue weighted by Gasteiger charge is -2.51. The van der Waals surface area contributed by atoms with Crippen LogP contribution in [-0.4, -0.2) is 42.4 Å². The summed E-state index contributed by atoms with van der Waals surface area (Å²) in [5.74, 6) is 0.968. The molecular formula is C28H28N4O2S. The summed E-state index contributed by atoms with van der Waals surface area (Å²) in [5, 5.41) is 1.78. The Labute approximate surface area is 205 Å². The van der Waals surface area contributed by atoms with E-state index >= 15 is 0 Å². The molecule has 0 amide bonds. The smallest absolute Gasteiger partial charge is 0.243 e. The van der Waals surface area contributed by atoms with E-state index in [1.165, 1.54) is 0 Å². The maximum absolute atomic E-state index is 13.9. The van der Waals surface area contributed by atoms with E-state index in [-0.39, 0.29) is 10.9 Å². The molecule has 0 spiro atoms. The molecule has 3 aliphatic heterocycles. The third kappa shape index (κ3) is 3.93. The number of nitrogens with one attached hydrogen (secondary N) is 1. The first-order valence-corrected chi connectivity index (χ1v) is 13.6. The number of fused-ring (bicyclic) bond motifs is 5. The molecule has 7 rings (SSSR count). The predicted molar refractivity (Wildman–Crippen MR) is 138 cm³/mol. The van der Waals surface area contributed by atoms with Gasteiger partial charge in [-0.2, -0.15) is 0 Å². The highest BCUT2D eigenvalue weighted by Crippen LogP contribution is 2.42. The highest BCUT2D eigenvalue weighted by molar-refractivity contribution is 7.89. The van der Waals surface area contributed by atoms with Crippen LogP contribution in [0.1, 0.15) is 24.4 Å². The van der Waals surface area contributed by atoms with Gasteiger partial charge in [-0.05, 0) is 61.1 Å². The van der Waals surface area contributed by atoms with Crippen LogP contribution in [0.4, 0.5) is 0 Å². The van der Waals surface area contributed by atoms with Crippen LogP contribution in [-0.2, 0) is 10.0 Å². The summed E-state index contributed by atoms with van der Waals surface area (Å²) in [5.41, 5.74) is 2.30. The summed E-state index contributed by atoms with van der Waals surface area (Å²) >= 11 is 0. The van der Waals surface area contributed by atoms with Crippen LogP contribution in [0.15, 0.2) is 90.6 Å². The Morgan fingerprint density at radius 3 is 2.71 bits per heavy atom. The van der Waals surface area contributed by atoms with E-state index in [2.05, 4.69) is 32.2 Å². The normalized spacial score (nSPS) is 25.0. The lowest BCUT2D eigenvalue weighted by atomic mass is 9.73. The average Bonchev–Trinajstić information content (AvgIpc) is 2.91. The number of pyridine rings is 2. The number of rotatable bonds is 6. The van der Waals surface area contributed by atoms with Gasteiger partial charge in [-0.1, -0.05) is 42.5 Å². The van der Waals surface area contributed by atoms with Gasteiger partial charge in [0.05, 0.1) is 17.1 Å². The van der Waals surface area contributed by atoms with Crippen molar-refractivity contribution in [1.82, 2.24) is 19.6 Å². The maximum atomic E-state index is 13.9. The third-order valence-electron chi connectivity index (χ3n) is 7.72. The fourth-order valence-corrected chi connectivity index (χ4v) is 7.41. The Morgan fingerprint density at radius 2 is 1.89 bits per heavy atom. The first-order valence-electron chi connectivity index (χ1n) is 12.1. The topological polar surface area (TPSA) is 75.2 Å². The first kappa shape index (κ1) is 22.3. The standard InChI is InChI=1S/C28H28N4O2S/c1-2-19-18-32-16-13-21(19)17-25(32)28(23-12-15-29-24-10-4-3-9-22(23)24)31-35(33,34)26-11-5-7-20-8-6-14-30-27(20)26/h2-12,14-15,19,21,25,28,31H,1,13,16-18H2/t19-,21-,25+,28+/m0/s1. The summed E-state index contributed by atoms with van der Waals surface area (Å²) in [7, 11) is -3.87. The van der Waals surface area contributed by atoms with Gasteiger partial charge in [0.1, 0.15) is 4.90 Å². The van der Waals surface area contributed by atoms with Crippen molar-refractivity contribution in [2.45, 2.75) is 29.8 Å². The Morgan fingerprint density at radius 1 is 1.03 bits per heavy atom. The number of sulfonamides is 1. The van der Waals surface area contributed by atoms with Crippen molar-refractivity contribution in [3.63, 3.8) is 0 Å². The van der Waals surface area contributed by atoms with Gasteiger partial charge >= 0.3 is 0 Å². The minimum absolute atomic E-state index is 0.0495. The minimum Gasteiger partial charge on any atom is -0.298 e. The molecule has 4 aromatic rings. The molecule has 0 aliphatic carbocycles. The van der Waals surface area contributed by atoms with Crippen LogP contribution in [0.5, 0.6) is 0 Å². The van der Waals surface area contributed by atoms with Gasteiger partial charge in [0.15, 0.2) is 0 Å². The van der Waals surface area contributed by atoms with E-state index < -0.39 is 16.1 Å². The van der Waals surface area contributed by atoms with Crippen LogP contribution in [0, 0.1) is 11.8 Å². The number of piperidine rings is 3. The van der Waals surface area contributed by atoms with Crippen LogP contribution in [0.25, 0.3) is 21.8 Å². The Bertz CT molecular complexity index is 1510. The van der Waals surface area contributed by atoms with Gasteiger partial charge < -0.3 is 0 Å². The van der Waals surface area contributed by atoms with Crippen molar-refractivity contribution < 1.29 is 8.42 Å². The second-order valence-electron chi connectivity index (χ2n) is 9.59. The van der Waals surface area contributed by atoms with E-state index in [1.54, 1.807) is 24.5 Å². The van der Waals surface area contributed by atoms with Crippen LogP contribution in [0.2, 0.25) is 0 Å². The average molecular weight is 485 g/mol. The second kappa shape index (κ2) is 8.82. The molecule has 178 valence electrons. The quantitative estimate of drug-likeness (QED) is 0.402. The van der Waals surface area contributed by atoms with Crippen LogP contribution < -0.4 is 4.72 Å².